The van der Waals surface area contributed by atoms with E-state index in [-0.39, 0.29) is 0 Å². The van der Waals surface area contributed by atoms with E-state index >= 15 is 0 Å². The molecule has 2 aromatic heterocycles. The second kappa shape index (κ2) is 4.86. The molecule has 0 radical (unpaired) electrons. The van der Waals surface area contributed by atoms with Gasteiger partial charge in [-0.05, 0) is 15.9 Å². The molecule has 0 unspecified atom stereocenters. The first-order valence-corrected chi connectivity index (χ1v) is 6.63. The number of halogens is 1. The van der Waals surface area contributed by atoms with Crippen LogP contribution in [0.25, 0.3) is 0 Å². The smallest absolute Gasteiger partial charge is 0.183 e. The van der Waals surface area contributed by atoms with Gasteiger partial charge in [-0.3, -0.25) is 0 Å². The van der Waals surface area contributed by atoms with E-state index in [4.69, 9.17) is 0 Å². The Bertz CT molecular complexity index is 385. The molecule has 1 N–H and O–H groups in total. The Morgan fingerprint density at radius 3 is 3.00 bits per heavy atom. The van der Waals surface area contributed by atoms with Crippen molar-refractivity contribution in [2.45, 2.75) is 6.42 Å². The van der Waals surface area contributed by atoms with Crippen LogP contribution in [0.15, 0.2) is 21.6 Å². The van der Waals surface area contributed by atoms with Crippen LogP contribution < -0.4 is 5.32 Å². The van der Waals surface area contributed by atoms with Gasteiger partial charge in [0.15, 0.2) is 5.13 Å². The lowest BCUT2D eigenvalue weighted by molar-refractivity contribution is 0.994. The van der Waals surface area contributed by atoms with Gasteiger partial charge in [0.2, 0.25) is 0 Å². The molecule has 0 aliphatic heterocycles. The predicted octanol–water partition coefficient (Wildman–Crippen LogP) is 3.02. The van der Waals surface area contributed by atoms with Crippen molar-refractivity contribution >= 4 is 43.7 Å². The third kappa shape index (κ3) is 2.76. The predicted molar refractivity (Wildman–Crippen MR) is 64.1 cm³/mol. The van der Waals surface area contributed by atoms with Crippen LogP contribution in [0.1, 0.15) is 5.01 Å². The summed E-state index contributed by atoms with van der Waals surface area (Å²) in [5.41, 5.74) is 0. The van der Waals surface area contributed by atoms with Crippen LogP contribution in [0.4, 0.5) is 5.13 Å². The maximum Gasteiger partial charge on any atom is 0.183 e. The molecule has 0 spiro atoms. The first kappa shape index (κ1) is 10.1. The molecular weight excluding hydrogens is 282 g/mol. The lowest BCUT2D eigenvalue weighted by atomic mass is 10.4. The minimum absolute atomic E-state index is 0.882. The number of hydrogen-bond donors (Lipinski definition) is 1. The van der Waals surface area contributed by atoms with Gasteiger partial charge in [0.05, 0.1) is 5.01 Å². The number of anilines is 1. The summed E-state index contributed by atoms with van der Waals surface area (Å²) in [5, 5.41) is 9.32. The average molecular weight is 290 g/mol. The Kier molecular flexibility index (Phi) is 3.49. The van der Waals surface area contributed by atoms with Crippen LogP contribution in [0.5, 0.6) is 0 Å². The monoisotopic (exact) mass is 289 g/mol. The summed E-state index contributed by atoms with van der Waals surface area (Å²) in [6.07, 6.45) is 2.79. The number of aromatic nitrogens is 2. The fourth-order valence-corrected chi connectivity index (χ4v) is 2.78. The number of nitrogens with zero attached hydrogens (tertiary/aromatic N) is 2. The summed E-state index contributed by atoms with van der Waals surface area (Å²) in [5.74, 6) is 0. The zero-order valence-electron chi connectivity index (χ0n) is 7.24. The summed E-state index contributed by atoms with van der Waals surface area (Å²) in [4.78, 5) is 8.44. The van der Waals surface area contributed by atoms with Crippen molar-refractivity contribution in [3.63, 3.8) is 0 Å². The molecular formula is C8H8BrN3S2. The van der Waals surface area contributed by atoms with E-state index in [9.17, 15) is 0 Å². The van der Waals surface area contributed by atoms with Gasteiger partial charge >= 0.3 is 0 Å². The molecule has 0 fully saturated rings. The molecule has 0 amide bonds. The highest BCUT2D eigenvalue weighted by Gasteiger charge is 1.99. The molecule has 2 aromatic rings. The van der Waals surface area contributed by atoms with Crippen molar-refractivity contribution in [2.75, 3.05) is 11.9 Å². The highest BCUT2D eigenvalue weighted by atomic mass is 79.9. The Morgan fingerprint density at radius 1 is 1.43 bits per heavy atom. The highest BCUT2D eigenvalue weighted by Crippen LogP contribution is 2.19. The molecule has 6 heteroatoms. The first-order valence-electron chi connectivity index (χ1n) is 4.08. The van der Waals surface area contributed by atoms with Crippen LogP contribution in [-0.2, 0) is 6.42 Å². The second-order valence-corrected chi connectivity index (χ2v) is 5.23. The van der Waals surface area contributed by atoms with Gasteiger partial charge in [-0.2, -0.15) is 0 Å². The third-order valence-corrected chi connectivity index (χ3v) is 3.92. The van der Waals surface area contributed by atoms with Gasteiger partial charge in [0.25, 0.3) is 0 Å². The van der Waals surface area contributed by atoms with Crippen molar-refractivity contribution in [1.29, 1.82) is 0 Å². The molecule has 0 aliphatic carbocycles. The molecule has 74 valence electrons. The fraction of sp³-hybridized carbons (Fsp3) is 0.250. The van der Waals surface area contributed by atoms with Gasteiger partial charge in [0.1, 0.15) is 4.60 Å². The minimum atomic E-state index is 0.882. The summed E-state index contributed by atoms with van der Waals surface area (Å²) in [6, 6.07) is 0. The molecule has 14 heavy (non-hydrogen) atoms. The van der Waals surface area contributed by atoms with Crippen LogP contribution in [-0.4, -0.2) is 16.5 Å². The largest absolute Gasteiger partial charge is 0.361 e. The van der Waals surface area contributed by atoms with Gasteiger partial charge in [-0.25, -0.2) is 9.97 Å². The Hall–Kier alpha value is -0.460. The highest BCUT2D eigenvalue weighted by molar-refractivity contribution is 9.10. The molecule has 2 heterocycles. The summed E-state index contributed by atoms with van der Waals surface area (Å²) in [7, 11) is 0. The van der Waals surface area contributed by atoms with Crippen LogP contribution in [0.3, 0.4) is 0 Å². The Labute approximate surface area is 98.4 Å². The minimum Gasteiger partial charge on any atom is -0.361 e. The lowest BCUT2D eigenvalue weighted by Crippen LogP contribution is -2.03. The molecule has 0 atom stereocenters. The standard InChI is InChI=1S/C8H8BrN3S2/c9-6-5-14-8(12-6)11-2-1-7-10-3-4-13-7/h3-5H,1-2H2,(H,11,12). The SMILES string of the molecule is Brc1csc(NCCc2nccs2)n1. The van der Waals surface area contributed by atoms with E-state index in [0.717, 1.165) is 27.7 Å². The van der Waals surface area contributed by atoms with E-state index < -0.39 is 0 Å². The van der Waals surface area contributed by atoms with Gasteiger partial charge < -0.3 is 5.32 Å². The average Bonchev–Trinajstić information content (AvgIpc) is 2.77. The fourth-order valence-electron chi connectivity index (χ4n) is 0.988. The van der Waals surface area contributed by atoms with Crippen molar-refractivity contribution in [3.05, 3.63) is 26.6 Å². The number of hydrogen-bond acceptors (Lipinski definition) is 5. The number of nitrogens with one attached hydrogen (secondary N) is 1. The molecule has 0 saturated heterocycles. The molecule has 0 saturated carbocycles. The summed E-state index contributed by atoms with van der Waals surface area (Å²) in [6.45, 7) is 0.882. The van der Waals surface area contributed by atoms with Crippen molar-refractivity contribution < 1.29 is 0 Å². The molecule has 0 bridgehead atoms. The Balaban J connectivity index is 1.78. The van der Waals surface area contributed by atoms with Crippen LogP contribution in [0, 0.1) is 0 Å². The van der Waals surface area contributed by atoms with E-state index in [1.807, 2.05) is 17.0 Å². The first-order chi connectivity index (χ1) is 6.84. The molecule has 0 aliphatic rings. The molecule has 3 nitrogen and oxygen atoms in total. The van der Waals surface area contributed by atoms with Crippen LogP contribution in [0.2, 0.25) is 0 Å². The quantitative estimate of drug-likeness (QED) is 0.940. The lowest BCUT2D eigenvalue weighted by Gasteiger charge is -1.98. The maximum absolute atomic E-state index is 4.24. The van der Waals surface area contributed by atoms with E-state index in [1.165, 1.54) is 0 Å². The number of thiazole rings is 2. The van der Waals surface area contributed by atoms with Gasteiger partial charge in [0, 0.05) is 29.9 Å². The van der Waals surface area contributed by atoms with Crippen LogP contribution >= 0.6 is 38.6 Å². The molecule has 2 rings (SSSR count). The zero-order valence-corrected chi connectivity index (χ0v) is 10.5. The maximum atomic E-state index is 4.24. The van der Waals surface area contributed by atoms with Gasteiger partial charge in [-0.1, -0.05) is 0 Å². The summed E-state index contributed by atoms with van der Waals surface area (Å²) < 4.78 is 0.888. The zero-order chi connectivity index (χ0) is 9.80. The normalized spacial score (nSPS) is 10.4. The molecule has 0 aromatic carbocycles. The van der Waals surface area contributed by atoms with Crippen molar-refractivity contribution in [2.24, 2.45) is 0 Å². The summed E-state index contributed by atoms with van der Waals surface area (Å²) >= 11 is 6.60. The van der Waals surface area contributed by atoms with E-state index in [1.54, 1.807) is 22.7 Å². The Morgan fingerprint density at radius 2 is 2.36 bits per heavy atom. The van der Waals surface area contributed by atoms with Crippen molar-refractivity contribution in [3.8, 4) is 0 Å². The van der Waals surface area contributed by atoms with Gasteiger partial charge in [-0.15, -0.1) is 22.7 Å². The second-order valence-electron chi connectivity index (χ2n) is 2.58. The topological polar surface area (TPSA) is 37.8 Å². The third-order valence-electron chi connectivity index (χ3n) is 1.57. The van der Waals surface area contributed by atoms with Crippen molar-refractivity contribution in [1.82, 2.24) is 9.97 Å². The number of rotatable bonds is 4. The van der Waals surface area contributed by atoms with E-state index in [2.05, 4.69) is 31.2 Å². The van der Waals surface area contributed by atoms with E-state index in [0.29, 0.717) is 0 Å².